The van der Waals surface area contributed by atoms with Crippen molar-refractivity contribution in [3.8, 4) is 12.3 Å². The molecule has 5 nitrogen and oxygen atoms in total. The van der Waals surface area contributed by atoms with Gasteiger partial charge in [0.15, 0.2) is 5.96 Å². The maximum Gasteiger partial charge on any atom is 0.243 e. The highest BCUT2D eigenvalue weighted by molar-refractivity contribution is 5.95. The lowest BCUT2D eigenvalue weighted by Gasteiger charge is -2.27. The van der Waals surface area contributed by atoms with Gasteiger partial charge in [-0.1, -0.05) is 36.3 Å². The maximum absolute atomic E-state index is 12.2. The minimum absolute atomic E-state index is 0.128. The molecule has 5 heteroatoms. The maximum atomic E-state index is 12.2. The summed E-state index contributed by atoms with van der Waals surface area (Å²) in [6, 6.07) is 16.1. The van der Waals surface area contributed by atoms with Gasteiger partial charge in [0.05, 0.1) is 6.54 Å². The molecule has 2 aromatic carbocycles. The number of rotatable bonds is 4. The van der Waals surface area contributed by atoms with Crippen LogP contribution < -0.4 is 16.0 Å². The van der Waals surface area contributed by atoms with E-state index in [1.807, 2.05) is 18.2 Å². The van der Waals surface area contributed by atoms with Crippen LogP contribution in [0.5, 0.6) is 0 Å². The van der Waals surface area contributed by atoms with Crippen molar-refractivity contribution < 1.29 is 4.79 Å². The Morgan fingerprint density at radius 3 is 2.81 bits per heavy atom. The molecular formula is C22H24N4O. The number of hydrogen-bond acceptors (Lipinski definition) is 2. The van der Waals surface area contributed by atoms with E-state index in [1.54, 1.807) is 13.1 Å². The number of carbonyl (C=O) groups is 1. The van der Waals surface area contributed by atoms with E-state index in [1.165, 1.54) is 11.1 Å². The van der Waals surface area contributed by atoms with Crippen LogP contribution in [0.1, 0.15) is 23.1 Å². The van der Waals surface area contributed by atoms with Crippen LogP contribution in [0, 0.1) is 12.3 Å². The summed E-state index contributed by atoms with van der Waals surface area (Å²) in [4.78, 5) is 16.4. The second kappa shape index (κ2) is 8.91. The monoisotopic (exact) mass is 360 g/mol. The number of benzene rings is 2. The van der Waals surface area contributed by atoms with Crippen LogP contribution in [0.3, 0.4) is 0 Å². The summed E-state index contributed by atoms with van der Waals surface area (Å²) in [7, 11) is 1.71. The van der Waals surface area contributed by atoms with Crippen LogP contribution in [-0.2, 0) is 17.6 Å². The van der Waals surface area contributed by atoms with Gasteiger partial charge in [-0.25, -0.2) is 0 Å². The second-order valence-electron chi connectivity index (χ2n) is 6.55. The third-order valence-corrected chi connectivity index (χ3v) is 4.64. The van der Waals surface area contributed by atoms with Crippen molar-refractivity contribution in [3.63, 3.8) is 0 Å². The van der Waals surface area contributed by atoms with E-state index in [4.69, 9.17) is 6.42 Å². The molecule has 138 valence electrons. The lowest BCUT2D eigenvalue weighted by atomic mass is 9.88. The summed E-state index contributed by atoms with van der Waals surface area (Å²) in [6.45, 7) is 0.128. The van der Waals surface area contributed by atoms with Crippen LogP contribution in [0.2, 0.25) is 0 Å². The van der Waals surface area contributed by atoms with E-state index >= 15 is 0 Å². The fraction of sp³-hybridized carbons (Fsp3) is 0.273. The molecule has 2 aromatic rings. The van der Waals surface area contributed by atoms with Gasteiger partial charge in [0.1, 0.15) is 0 Å². The zero-order valence-corrected chi connectivity index (χ0v) is 15.5. The topological polar surface area (TPSA) is 65.5 Å². The van der Waals surface area contributed by atoms with Gasteiger partial charge in [0, 0.05) is 24.3 Å². The Labute approximate surface area is 160 Å². The molecule has 3 N–H and O–H groups in total. The highest BCUT2D eigenvalue weighted by Gasteiger charge is 2.19. The highest BCUT2D eigenvalue weighted by atomic mass is 16.1. The average Bonchev–Trinajstić information content (AvgIpc) is 2.71. The molecule has 1 aliphatic rings. The first-order valence-electron chi connectivity index (χ1n) is 9.08. The average molecular weight is 360 g/mol. The lowest BCUT2D eigenvalue weighted by molar-refractivity contribution is -0.115. The first kappa shape index (κ1) is 18.5. The summed E-state index contributed by atoms with van der Waals surface area (Å²) in [6.07, 6.45) is 8.44. The Bertz CT molecular complexity index is 882. The van der Waals surface area contributed by atoms with E-state index in [-0.39, 0.29) is 12.5 Å². The molecule has 27 heavy (non-hydrogen) atoms. The zero-order valence-electron chi connectivity index (χ0n) is 15.5. The molecule has 1 atom stereocenters. The molecule has 3 rings (SSSR count). The van der Waals surface area contributed by atoms with E-state index < -0.39 is 0 Å². The van der Waals surface area contributed by atoms with Crippen molar-refractivity contribution in [1.29, 1.82) is 0 Å². The third-order valence-electron chi connectivity index (χ3n) is 4.64. The third kappa shape index (κ3) is 5.11. The van der Waals surface area contributed by atoms with Crippen molar-refractivity contribution in [2.75, 3.05) is 18.9 Å². The minimum Gasteiger partial charge on any atom is -0.353 e. The van der Waals surface area contributed by atoms with E-state index in [0.29, 0.717) is 17.7 Å². The van der Waals surface area contributed by atoms with Gasteiger partial charge in [-0.05, 0) is 48.6 Å². The van der Waals surface area contributed by atoms with E-state index in [2.05, 4.69) is 51.1 Å². The molecule has 0 bridgehead atoms. The Morgan fingerprint density at radius 1 is 1.22 bits per heavy atom. The summed E-state index contributed by atoms with van der Waals surface area (Å²) in [5.41, 5.74) is 4.22. The zero-order chi connectivity index (χ0) is 19.1. The molecule has 1 unspecified atom stereocenters. The van der Waals surface area contributed by atoms with Crippen LogP contribution >= 0.6 is 0 Å². The number of aliphatic imine (C=N–C) groups is 1. The van der Waals surface area contributed by atoms with Crippen LogP contribution in [0.4, 0.5) is 5.69 Å². The number of nitrogens with zero attached hydrogens (tertiary/aromatic N) is 1. The summed E-state index contributed by atoms with van der Waals surface area (Å²) >= 11 is 0. The van der Waals surface area contributed by atoms with Gasteiger partial charge in [-0.3, -0.25) is 9.79 Å². The van der Waals surface area contributed by atoms with E-state index in [0.717, 1.165) is 24.8 Å². The first-order chi connectivity index (χ1) is 13.2. The first-order valence-corrected chi connectivity index (χ1v) is 9.08. The predicted molar refractivity (Wildman–Crippen MR) is 110 cm³/mol. The Hall–Kier alpha value is -3.26. The number of amides is 1. The molecule has 0 saturated heterocycles. The molecule has 0 radical (unpaired) electrons. The largest absolute Gasteiger partial charge is 0.353 e. The number of hydrogen-bond donors (Lipinski definition) is 3. The number of fused-ring (bicyclic) bond motifs is 1. The molecule has 0 aromatic heterocycles. The number of terminal acetylenes is 1. The summed E-state index contributed by atoms with van der Waals surface area (Å²) in [5.74, 6) is 3.04. The number of aryl methyl sites for hydroxylation is 1. The Kier molecular flexibility index (Phi) is 6.11. The van der Waals surface area contributed by atoms with Gasteiger partial charge < -0.3 is 16.0 Å². The minimum atomic E-state index is -0.152. The molecule has 1 aliphatic carbocycles. The van der Waals surface area contributed by atoms with Gasteiger partial charge in [-0.15, -0.1) is 6.42 Å². The van der Waals surface area contributed by atoms with Crippen molar-refractivity contribution in [2.24, 2.45) is 4.99 Å². The molecule has 0 fully saturated rings. The SMILES string of the molecule is C#Cc1cccc(NC(=O)CNC(=NC)NC2CCc3ccccc3C2)c1. The Morgan fingerprint density at radius 2 is 2.04 bits per heavy atom. The molecular weight excluding hydrogens is 336 g/mol. The smallest absolute Gasteiger partial charge is 0.243 e. The van der Waals surface area contributed by atoms with Crippen molar-refractivity contribution in [3.05, 3.63) is 65.2 Å². The quantitative estimate of drug-likeness (QED) is 0.445. The molecule has 0 spiro atoms. The fourth-order valence-electron chi connectivity index (χ4n) is 3.26. The lowest BCUT2D eigenvalue weighted by Crippen LogP contribution is -2.47. The standard InChI is InChI=1S/C22H24N4O/c1-3-16-7-6-10-19(13-16)25-21(27)15-24-22(23-2)26-20-12-11-17-8-4-5-9-18(17)14-20/h1,4-10,13,20H,11-12,14-15H2,2H3,(H,25,27)(H2,23,24,26). The van der Waals surface area contributed by atoms with E-state index in [9.17, 15) is 4.79 Å². The predicted octanol–water partition coefficient (Wildman–Crippen LogP) is 2.33. The van der Waals surface area contributed by atoms with Crippen molar-refractivity contribution in [2.45, 2.75) is 25.3 Å². The number of carbonyl (C=O) groups excluding carboxylic acids is 1. The fourth-order valence-corrected chi connectivity index (χ4v) is 3.26. The van der Waals surface area contributed by atoms with Crippen LogP contribution in [-0.4, -0.2) is 31.5 Å². The number of nitrogens with one attached hydrogen (secondary N) is 3. The highest BCUT2D eigenvalue weighted by Crippen LogP contribution is 2.20. The number of guanidine groups is 1. The Balaban J connectivity index is 1.49. The second-order valence-corrected chi connectivity index (χ2v) is 6.55. The van der Waals surface area contributed by atoms with Gasteiger partial charge in [0.25, 0.3) is 0 Å². The summed E-state index contributed by atoms with van der Waals surface area (Å²) in [5, 5.41) is 9.33. The van der Waals surface area contributed by atoms with Crippen molar-refractivity contribution in [1.82, 2.24) is 10.6 Å². The molecule has 0 heterocycles. The van der Waals surface area contributed by atoms with Crippen LogP contribution in [0.25, 0.3) is 0 Å². The van der Waals surface area contributed by atoms with Crippen molar-refractivity contribution >= 4 is 17.6 Å². The molecule has 1 amide bonds. The normalized spacial score (nSPS) is 16.0. The van der Waals surface area contributed by atoms with Gasteiger partial charge >= 0.3 is 0 Å². The summed E-state index contributed by atoms with van der Waals surface area (Å²) < 4.78 is 0. The molecule has 0 aliphatic heterocycles. The number of anilines is 1. The van der Waals surface area contributed by atoms with Gasteiger partial charge in [0.2, 0.25) is 5.91 Å². The molecule has 0 saturated carbocycles. The van der Waals surface area contributed by atoms with Crippen LogP contribution in [0.15, 0.2) is 53.5 Å². The van der Waals surface area contributed by atoms with Gasteiger partial charge in [-0.2, -0.15) is 0 Å².